The van der Waals surface area contributed by atoms with Gasteiger partial charge in [-0.1, -0.05) is 23.7 Å². The van der Waals surface area contributed by atoms with Gasteiger partial charge in [0, 0.05) is 17.3 Å². The van der Waals surface area contributed by atoms with Gasteiger partial charge in [-0.15, -0.1) is 0 Å². The average molecular weight is 358 g/mol. The highest BCUT2D eigenvalue weighted by Gasteiger charge is 2.29. The molecule has 5 nitrogen and oxygen atoms in total. The maximum Gasteiger partial charge on any atom is 0.246 e. The minimum Gasteiger partial charge on any atom is -0.374 e. The fourth-order valence-corrected chi connectivity index (χ4v) is 2.54. The number of rotatable bonds is 6. The van der Waals surface area contributed by atoms with Crippen molar-refractivity contribution < 1.29 is 9.59 Å². The molecule has 1 saturated carbocycles. The SMILES string of the molecule is CC(Nc1ccc(NC(=O)C2CC2)cc1)C(=O)Nc1ccccc1Cl. The molecule has 0 aliphatic heterocycles. The molecular weight excluding hydrogens is 338 g/mol. The summed E-state index contributed by atoms with van der Waals surface area (Å²) >= 11 is 6.05. The minimum absolute atomic E-state index is 0.0770. The van der Waals surface area contributed by atoms with E-state index in [-0.39, 0.29) is 17.7 Å². The summed E-state index contributed by atoms with van der Waals surface area (Å²) < 4.78 is 0. The zero-order valence-corrected chi connectivity index (χ0v) is 14.6. The molecule has 3 rings (SSSR count). The summed E-state index contributed by atoms with van der Waals surface area (Å²) in [6, 6.07) is 14.0. The van der Waals surface area contributed by atoms with Crippen molar-refractivity contribution in [2.24, 2.45) is 5.92 Å². The molecule has 25 heavy (non-hydrogen) atoms. The second-order valence-corrected chi connectivity index (χ2v) is 6.58. The van der Waals surface area contributed by atoms with E-state index < -0.39 is 6.04 Å². The van der Waals surface area contributed by atoms with Crippen LogP contribution < -0.4 is 16.0 Å². The van der Waals surface area contributed by atoms with Crippen LogP contribution in [0.5, 0.6) is 0 Å². The average Bonchev–Trinajstić information content (AvgIpc) is 3.43. The van der Waals surface area contributed by atoms with Crippen molar-refractivity contribution in [1.29, 1.82) is 0 Å². The molecule has 1 aliphatic rings. The third-order valence-corrected chi connectivity index (χ3v) is 4.34. The Kier molecular flexibility index (Phi) is 5.24. The van der Waals surface area contributed by atoms with Gasteiger partial charge in [0.25, 0.3) is 0 Å². The Balaban J connectivity index is 1.54. The van der Waals surface area contributed by atoms with Crippen molar-refractivity contribution in [3.8, 4) is 0 Å². The molecule has 1 unspecified atom stereocenters. The van der Waals surface area contributed by atoms with E-state index in [1.807, 2.05) is 36.4 Å². The molecule has 130 valence electrons. The first-order valence-electron chi connectivity index (χ1n) is 8.26. The summed E-state index contributed by atoms with van der Waals surface area (Å²) in [6.45, 7) is 1.77. The monoisotopic (exact) mass is 357 g/mol. The van der Waals surface area contributed by atoms with Crippen LogP contribution in [0.2, 0.25) is 5.02 Å². The van der Waals surface area contributed by atoms with Crippen molar-refractivity contribution in [1.82, 2.24) is 0 Å². The van der Waals surface area contributed by atoms with Gasteiger partial charge in [-0.2, -0.15) is 0 Å². The van der Waals surface area contributed by atoms with Gasteiger partial charge in [0.1, 0.15) is 6.04 Å². The number of carbonyl (C=O) groups is 2. The van der Waals surface area contributed by atoms with Crippen LogP contribution in [-0.4, -0.2) is 17.9 Å². The van der Waals surface area contributed by atoms with Gasteiger partial charge < -0.3 is 16.0 Å². The topological polar surface area (TPSA) is 70.2 Å². The maximum atomic E-state index is 12.3. The predicted molar refractivity (Wildman–Crippen MR) is 101 cm³/mol. The molecule has 0 bridgehead atoms. The van der Waals surface area contributed by atoms with Gasteiger partial charge in [0.15, 0.2) is 0 Å². The first-order valence-corrected chi connectivity index (χ1v) is 8.63. The molecule has 1 atom stereocenters. The lowest BCUT2D eigenvalue weighted by molar-refractivity contribution is -0.117. The Morgan fingerprint density at radius 3 is 2.28 bits per heavy atom. The number of halogens is 1. The van der Waals surface area contributed by atoms with Crippen LogP contribution in [0.15, 0.2) is 48.5 Å². The lowest BCUT2D eigenvalue weighted by atomic mass is 10.2. The molecule has 0 radical (unpaired) electrons. The normalized spacial score (nSPS) is 14.5. The van der Waals surface area contributed by atoms with Crippen LogP contribution in [-0.2, 0) is 9.59 Å². The van der Waals surface area contributed by atoms with Crippen molar-refractivity contribution in [2.75, 3.05) is 16.0 Å². The molecule has 0 saturated heterocycles. The summed E-state index contributed by atoms with van der Waals surface area (Å²) in [7, 11) is 0. The number of para-hydroxylation sites is 1. The smallest absolute Gasteiger partial charge is 0.246 e. The van der Waals surface area contributed by atoms with Crippen molar-refractivity contribution in [3.05, 3.63) is 53.6 Å². The standard InChI is InChI=1S/C19H20ClN3O2/c1-12(18(24)23-17-5-3-2-4-16(17)20)21-14-8-10-15(11-9-14)22-19(25)13-6-7-13/h2-5,8-13,21H,6-7H2,1H3,(H,22,25)(H,23,24). The van der Waals surface area contributed by atoms with Crippen molar-refractivity contribution in [3.63, 3.8) is 0 Å². The molecule has 3 N–H and O–H groups in total. The Labute approximate surface area is 151 Å². The number of hydrogen-bond donors (Lipinski definition) is 3. The predicted octanol–water partition coefficient (Wildman–Crippen LogP) is 4.13. The summed E-state index contributed by atoms with van der Waals surface area (Å²) in [5.41, 5.74) is 2.14. The molecule has 2 aromatic carbocycles. The molecule has 1 fully saturated rings. The zero-order valence-electron chi connectivity index (χ0n) is 13.9. The molecule has 0 heterocycles. The van der Waals surface area contributed by atoms with E-state index in [1.165, 1.54) is 0 Å². The van der Waals surface area contributed by atoms with Crippen LogP contribution in [0, 0.1) is 5.92 Å². The summed E-state index contributed by atoms with van der Waals surface area (Å²) in [4.78, 5) is 24.0. The second-order valence-electron chi connectivity index (χ2n) is 6.18. The molecule has 2 amide bonds. The lowest BCUT2D eigenvalue weighted by Gasteiger charge is -2.16. The molecule has 6 heteroatoms. The van der Waals surface area contributed by atoms with Crippen molar-refractivity contribution in [2.45, 2.75) is 25.8 Å². The second kappa shape index (κ2) is 7.57. The van der Waals surface area contributed by atoms with E-state index in [4.69, 9.17) is 11.6 Å². The first kappa shape index (κ1) is 17.3. The quantitative estimate of drug-likeness (QED) is 0.728. The molecular formula is C19H20ClN3O2. The van der Waals surface area contributed by atoms with Gasteiger partial charge in [0.2, 0.25) is 11.8 Å². The van der Waals surface area contributed by atoms with Gasteiger partial charge in [-0.25, -0.2) is 0 Å². The third-order valence-electron chi connectivity index (χ3n) is 4.01. The van der Waals surface area contributed by atoms with E-state index in [9.17, 15) is 9.59 Å². The summed E-state index contributed by atoms with van der Waals surface area (Å²) in [5.74, 6) is 0.0683. The fraction of sp³-hybridized carbons (Fsp3) is 0.263. The first-order chi connectivity index (χ1) is 12.0. The summed E-state index contributed by atoms with van der Waals surface area (Å²) in [6.07, 6.45) is 1.95. The number of benzene rings is 2. The Morgan fingerprint density at radius 2 is 1.64 bits per heavy atom. The van der Waals surface area contributed by atoms with Crippen LogP contribution in [0.4, 0.5) is 17.1 Å². The highest BCUT2D eigenvalue weighted by atomic mass is 35.5. The van der Waals surface area contributed by atoms with Gasteiger partial charge in [-0.05, 0) is 56.2 Å². The molecule has 2 aromatic rings. The highest BCUT2D eigenvalue weighted by molar-refractivity contribution is 6.33. The number of hydrogen-bond acceptors (Lipinski definition) is 3. The van der Waals surface area contributed by atoms with E-state index in [0.717, 1.165) is 24.2 Å². The van der Waals surface area contributed by atoms with Crippen LogP contribution >= 0.6 is 11.6 Å². The lowest BCUT2D eigenvalue weighted by Crippen LogP contribution is -2.31. The Bertz CT molecular complexity index is 772. The number of nitrogens with one attached hydrogen (secondary N) is 3. The van der Waals surface area contributed by atoms with E-state index in [1.54, 1.807) is 19.1 Å². The summed E-state index contributed by atoms with van der Waals surface area (Å²) in [5, 5.41) is 9.31. The molecule has 0 spiro atoms. The molecule has 1 aliphatic carbocycles. The molecule has 0 aromatic heterocycles. The Hall–Kier alpha value is -2.53. The van der Waals surface area contributed by atoms with E-state index >= 15 is 0 Å². The van der Waals surface area contributed by atoms with Gasteiger partial charge in [0.05, 0.1) is 10.7 Å². The van der Waals surface area contributed by atoms with E-state index in [0.29, 0.717) is 10.7 Å². The maximum absolute atomic E-state index is 12.3. The van der Waals surface area contributed by atoms with Crippen LogP contribution in [0.25, 0.3) is 0 Å². The van der Waals surface area contributed by atoms with Crippen molar-refractivity contribution >= 4 is 40.5 Å². The fourth-order valence-electron chi connectivity index (χ4n) is 2.36. The van der Waals surface area contributed by atoms with Crippen LogP contribution in [0.1, 0.15) is 19.8 Å². The number of amides is 2. The largest absolute Gasteiger partial charge is 0.374 e. The van der Waals surface area contributed by atoms with E-state index in [2.05, 4.69) is 16.0 Å². The minimum atomic E-state index is -0.442. The highest BCUT2D eigenvalue weighted by Crippen LogP contribution is 2.30. The zero-order chi connectivity index (χ0) is 17.8. The van der Waals surface area contributed by atoms with Crippen LogP contribution in [0.3, 0.4) is 0 Å². The third kappa shape index (κ3) is 4.73. The Morgan fingerprint density at radius 1 is 1.00 bits per heavy atom. The van der Waals surface area contributed by atoms with Gasteiger partial charge in [-0.3, -0.25) is 9.59 Å². The number of carbonyl (C=O) groups excluding carboxylic acids is 2. The number of anilines is 3. The van der Waals surface area contributed by atoms with Gasteiger partial charge >= 0.3 is 0 Å².